The highest BCUT2D eigenvalue weighted by Crippen LogP contribution is 2.29. The highest BCUT2D eigenvalue weighted by Gasteiger charge is 2.17. The third-order valence-electron chi connectivity index (χ3n) is 2.41. The molecule has 0 bridgehead atoms. The van der Waals surface area contributed by atoms with E-state index in [0.717, 1.165) is 28.8 Å². The second-order valence-corrected chi connectivity index (χ2v) is 5.40. The highest BCUT2D eigenvalue weighted by atomic mass is 35.5. The fourth-order valence-corrected chi connectivity index (χ4v) is 2.68. The molecule has 0 aliphatic carbocycles. The molecule has 0 fully saturated rings. The van der Waals surface area contributed by atoms with Crippen LogP contribution in [0.5, 0.6) is 0 Å². The number of halogens is 2. The first-order valence-corrected chi connectivity index (χ1v) is 6.77. The van der Waals surface area contributed by atoms with Gasteiger partial charge in [0.15, 0.2) is 5.82 Å². The van der Waals surface area contributed by atoms with Crippen LogP contribution in [0.25, 0.3) is 11.4 Å². The molecule has 4 nitrogen and oxygen atoms in total. The van der Waals surface area contributed by atoms with E-state index in [1.54, 1.807) is 23.9 Å². The van der Waals surface area contributed by atoms with Gasteiger partial charge in [0.1, 0.15) is 0 Å². The van der Waals surface area contributed by atoms with Crippen molar-refractivity contribution in [1.82, 2.24) is 14.9 Å². The lowest BCUT2D eigenvalue weighted by Crippen LogP contribution is -2.23. The van der Waals surface area contributed by atoms with Crippen LogP contribution >= 0.6 is 35.0 Å². The maximum Gasteiger partial charge on any atom is 0.210 e. The summed E-state index contributed by atoms with van der Waals surface area (Å²) in [5.41, 5.74) is 4.13. The molecular formula is C10H8Cl2N4S. The molecule has 0 amide bonds. The van der Waals surface area contributed by atoms with Crippen molar-refractivity contribution in [3.63, 3.8) is 0 Å². The van der Waals surface area contributed by atoms with Crippen LogP contribution in [-0.2, 0) is 0 Å². The van der Waals surface area contributed by atoms with Gasteiger partial charge in [0.25, 0.3) is 0 Å². The number of hydrogen-bond donors (Lipinski definition) is 1. The van der Waals surface area contributed by atoms with Gasteiger partial charge in [-0.05, 0) is 18.2 Å². The van der Waals surface area contributed by atoms with Gasteiger partial charge < -0.3 is 5.43 Å². The summed E-state index contributed by atoms with van der Waals surface area (Å²) in [4.78, 5) is 0. The minimum atomic E-state index is 0.518. The van der Waals surface area contributed by atoms with Crippen LogP contribution in [0.1, 0.15) is 0 Å². The average Bonchev–Trinajstić information content (AvgIpc) is 2.76. The summed E-state index contributed by atoms with van der Waals surface area (Å²) >= 11 is 13.6. The van der Waals surface area contributed by atoms with Crippen LogP contribution in [-0.4, -0.2) is 27.2 Å². The number of rotatable bonds is 1. The van der Waals surface area contributed by atoms with Crippen LogP contribution in [0, 0.1) is 0 Å². The Balaban J connectivity index is 2.09. The second kappa shape index (κ2) is 4.40. The summed E-state index contributed by atoms with van der Waals surface area (Å²) in [5, 5.41) is 10.2. The van der Waals surface area contributed by atoms with Crippen LogP contribution in [0.15, 0.2) is 23.4 Å². The molecule has 2 aromatic rings. The Morgan fingerprint density at radius 3 is 2.94 bits per heavy atom. The van der Waals surface area contributed by atoms with Crippen molar-refractivity contribution >= 4 is 35.0 Å². The highest BCUT2D eigenvalue weighted by molar-refractivity contribution is 7.99. The zero-order valence-corrected chi connectivity index (χ0v) is 11.0. The van der Waals surface area contributed by atoms with E-state index in [4.69, 9.17) is 23.2 Å². The molecule has 1 aromatic heterocycles. The van der Waals surface area contributed by atoms with Crippen LogP contribution in [0.4, 0.5) is 0 Å². The number of thioether (sulfide) groups is 1. The largest absolute Gasteiger partial charge is 0.321 e. The summed E-state index contributed by atoms with van der Waals surface area (Å²) in [6.45, 7) is 0.893. The number of hydrogen-bond acceptors (Lipinski definition) is 4. The van der Waals surface area contributed by atoms with Gasteiger partial charge in [-0.1, -0.05) is 35.0 Å². The quantitative estimate of drug-likeness (QED) is 0.875. The minimum absolute atomic E-state index is 0.518. The van der Waals surface area contributed by atoms with Crippen molar-refractivity contribution in [3.05, 3.63) is 28.2 Å². The van der Waals surface area contributed by atoms with Crippen molar-refractivity contribution in [3.8, 4) is 11.4 Å². The number of fused-ring (bicyclic) bond motifs is 1. The maximum atomic E-state index is 6.00. The molecule has 1 aliphatic rings. The molecule has 0 unspecified atom stereocenters. The summed E-state index contributed by atoms with van der Waals surface area (Å²) in [6, 6.07) is 5.44. The Morgan fingerprint density at radius 1 is 1.24 bits per heavy atom. The van der Waals surface area contributed by atoms with E-state index in [9.17, 15) is 0 Å². The van der Waals surface area contributed by atoms with Crippen LogP contribution in [0.2, 0.25) is 10.0 Å². The predicted octanol–water partition coefficient (Wildman–Crippen LogP) is 2.90. The first kappa shape index (κ1) is 11.2. The molecule has 1 aromatic carbocycles. The summed E-state index contributed by atoms with van der Waals surface area (Å²) in [7, 11) is 0. The first-order valence-electron chi connectivity index (χ1n) is 5.03. The molecule has 0 atom stereocenters. The van der Waals surface area contributed by atoms with Gasteiger partial charge in [0.2, 0.25) is 5.16 Å². The van der Waals surface area contributed by atoms with Crippen molar-refractivity contribution in [2.75, 3.05) is 17.7 Å². The molecule has 0 radical (unpaired) electrons. The third-order valence-corrected chi connectivity index (χ3v) is 4.08. The number of nitrogens with one attached hydrogen (secondary N) is 1. The lowest BCUT2D eigenvalue weighted by Gasteiger charge is -2.16. The fraction of sp³-hybridized carbons (Fsp3) is 0.200. The Labute approximate surface area is 112 Å². The molecule has 0 spiro atoms. The fourth-order valence-electron chi connectivity index (χ4n) is 1.63. The molecule has 1 N–H and O–H groups in total. The number of aromatic nitrogens is 3. The SMILES string of the molecule is Clc1ccc(-c2nnc3n2NCCS3)cc1Cl. The van der Waals surface area contributed by atoms with Gasteiger partial charge >= 0.3 is 0 Å². The maximum absolute atomic E-state index is 6.00. The van der Waals surface area contributed by atoms with Gasteiger partial charge in [-0.25, -0.2) is 4.68 Å². The molecule has 0 saturated heterocycles. The van der Waals surface area contributed by atoms with E-state index in [2.05, 4.69) is 15.6 Å². The molecule has 17 heavy (non-hydrogen) atoms. The minimum Gasteiger partial charge on any atom is -0.321 e. The Kier molecular flexibility index (Phi) is 2.90. The van der Waals surface area contributed by atoms with E-state index in [-0.39, 0.29) is 0 Å². The van der Waals surface area contributed by atoms with Gasteiger partial charge in [0, 0.05) is 17.9 Å². The standard InChI is InChI=1S/C10H8Cl2N4S/c11-7-2-1-6(5-8(7)12)9-14-15-10-16(9)13-3-4-17-10/h1-2,5,13H,3-4H2. The summed E-state index contributed by atoms with van der Waals surface area (Å²) in [6.07, 6.45) is 0. The molecular weight excluding hydrogens is 279 g/mol. The van der Waals surface area contributed by atoms with Crippen molar-refractivity contribution < 1.29 is 0 Å². The smallest absolute Gasteiger partial charge is 0.210 e. The van der Waals surface area contributed by atoms with Crippen LogP contribution in [0.3, 0.4) is 0 Å². The summed E-state index contributed by atoms with van der Waals surface area (Å²) in [5.74, 6) is 1.75. The molecule has 1 aliphatic heterocycles. The number of benzene rings is 1. The van der Waals surface area contributed by atoms with Crippen molar-refractivity contribution in [2.24, 2.45) is 0 Å². The molecule has 2 heterocycles. The van der Waals surface area contributed by atoms with Gasteiger partial charge in [0.05, 0.1) is 10.0 Å². The lowest BCUT2D eigenvalue weighted by molar-refractivity contribution is 0.755. The topological polar surface area (TPSA) is 42.7 Å². The van der Waals surface area contributed by atoms with Gasteiger partial charge in [-0.3, -0.25) is 0 Å². The van der Waals surface area contributed by atoms with Crippen molar-refractivity contribution in [2.45, 2.75) is 5.16 Å². The van der Waals surface area contributed by atoms with Gasteiger partial charge in [-0.15, -0.1) is 10.2 Å². The van der Waals surface area contributed by atoms with Gasteiger partial charge in [-0.2, -0.15) is 0 Å². The average molecular weight is 287 g/mol. The molecule has 7 heteroatoms. The van der Waals surface area contributed by atoms with Crippen molar-refractivity contribution in [1.29, 1.82) is 0 Å². The van der Waals surface area contributed by atoms with E-state index >= 15 is 0 Å². The zero-order valence-electron chi connectivity index (χ0n) is 8.65. The lowest BCUT2D eigenvalue weighted by atomic mass is 10.2. The van der Waals surface area contributed by atoms with Crippen LogP contribution < -0.4 is 5.43 Å². The monoisotopic (exact) mass is 286 g/mol. The van der Waals surface area contributed by atoms with E-state index in [1.165, 1.54) is 0 Å². The Morgan fingerprint density at radius 2 is 2.12 bits per heavy atom. The first-order chi connectivity index (χ1) is 8.25. The molecule has 88 valence electrons. The third kappa shape index (κ3) is 1.99. The van der Waals surface area contributed by atoms with E-state index in [0.29, 0.717) is 10.0 Å². The summed E-state index contributed by atoms with van der Waals surface area (Å²) < 4.78 is 1.88. The Hall–Kier alpha value is -0.910. The second-order valence-electron chi connectivity index (χ2n) is 3.53. The predicted molar refractivity (Wildman–Crippen MR) is 70.4 cm³/mol. The zero-order chi connectivity index (χ0) is 11.8. The van der Waals surface area contributed by atoms with E-state index in [1.807, 2.05) is 10.7 Å². The molecule has 0 saturated carbocycles. The normalized spacial score (nSPS) is 14.2. The Bertz CT molecular complexity index is 569. The molecule has 3 rings (SSSR count). The number of nitrogens with zero attached hydrogens (tertiary/aromatic N) is 3. The van der Waals surface area contributed by atoms with E-state index < -0.39 is 0 Å².